The molecular formula is C23H24N2O4S. The summed E-state index contributed by atoms with van der Waals surface area (Å²) in [6, 6.07) is 21.8. The predicted octanol–water partition coefficient (Wildman–Crippen LogP) is 3.79. The van der Waals surface area contributed by atoms with Gasteiger partial charge in [0.25, 0.3) is 5.91 Å². The van der Waals surface area contributed by atoms with Gasteiger partial charge in [-0.15, -0.1) is 0 Å². The van der Waals surface area contributed by atoms with Gasteiger partial charge in [0, 0.05) is 25.3 Å². The van der Waals surface area contributed by atoms with Crippen LogP contribution in [-0.2, 0) is 16.4 Å². The van der Waals surface area contributed by atoms with Gasteiger partial charge in [-0.3, -0.25) is 4.79 Å². The van der Waals surface area contributed by atoms with Crippen LogP contribution in [0.25, 0.3) is 0 Å². The van der Waals surface area contributed by atoms with Crippen LogP contribution in [0.3, 0.4) is 0 Å². The molecule has 0 aromatic heterocycles. The van der Waals surface area contributed by atoms with Gasteiger partial charge in [-0.1, -0.05) is 48.5 Å². The number of sulfonamides is 1. The summed E-state index contributed by atoms with van der Waals surface area (Å²) in [5.41, 5.74) is 2.89. The Morgan fingerprint density at radius 1 is 0.967 bits per heavy atom. The molecule has 156 valence electrons. The van der Waals surface area contributed by atoms with E-state index < -0.39 is 10.0 Å². The van der Waals surface area contributed by atoms with Gasteiger partial charge in [0.2, 0.25) is 10.0 Å². The third kappa shape index (κ3) is 4.69. The predicted molar refractivity (Wildman–Crippen MR) is 118 cm³/mol. The normalized spacial score (nSPS) is 11.3. The lowest BCUT2D eigenvalue weighted by molar-refractivity contribution is 0.102. The lowest BCUT2D eigenvalue weighted by atomic mass is 9.99. The topological polar surface area (TPSA) is 75.7 Å². The Morgan fingerprint density at radius 3 is 2.30 bits per heavy atom. The van der Waals surface area contributed by atoms with E-state index in [9.17, 15) is 13.2 Å². The molecule has 0 unspecified atom stereocenters. The van der Waals surface area contributed by atoms with Gasteiger partial charge in [0.05, 0.1) is 7.11 Å². The SMILES string of the molecule is COc1ccc(NC(=O)c2ccccc2Cc2ccccc2)cc1S(=O)(=O)N(C)C. The molecule has 0 aliphatic heterocycles. The van der Waals surface area contributed by atoms with Gasteiger partial charge in [0.15, 0.2) is 0 Å². The van der Waals surface area contributed by atoms with Crippen LogP contribution in [-0.4, -0.2) is 39.8 Å². The minimum Gasteiger partial charge on any atom is -0.495 e. The summed E-state index contributed by atoms with van der Waals surface area (Å²) >= 11 is 0. The molecule has 7 heteroatoms. The first-order chi connectivity index (χ1) is 14.3. The van der Waals surface area contributed by atoms with Crippen LogP contribution in [0.4, 0.5) is 5.69 Å². The molecule has 0 radical (unpaired) electrons. The number of amides is 1. The highest BCUT2D eigenvalue weighted by atomic mass is 32.2. The van der Waals surface area contributed by atoms with Gasteiger partial charge >= 0.3 is 0 Å². The second-order valence-electron chi connectivity index (χ2n) is 6.93. The number of nitrogens with zero attached hydrogens (tertiary/aromatic N) is 1. The highest BCUT2D eigenvalue weighted by molar-refractivity contribution is 7.89. The number of anilines is 1. The van der Waals surface area contributed by atoms with Crippen molar-refractivity contribution < 1.29 is 17.9 Å². The molecule has 0 fully saturated rings. The average Bonchev–Trinajstić information content (AvgIpc) is 2.74. The van der Waals surface area contributed by atoms with Crippen LogP contribution in [0.5, 0.6) is 5.75 Å². The molecule has 3 aromatic carbocycles. The van der Waals surface area contributed by atoms with Crippen molar-refractivity contribution in [2.45, 2.75) is 11.3 Å². The maximum atomic E-state index is 13.0. The van der Waals surface area contributed by atoms with Crippen molar-refractivity contribution in [1.82, 2.24) is 4.31 Å². The van der Waals surface area contributed by atoms with Crippen molar-refractivity contribution in [1.29, 1.82) is 0 Å². The standard InChI is InChI=1S/C23H24N2O4S/c1-25(2)30(27,28)22-16-19(13-14-21(22)29-3)24-23(26)20-12-8-7-11-18(20)15-17-9-5-4-6-10-17/h4-14,16H,15H2,1-3H3,(H,24,26). The zero-order valence-electron chi connectivity index (χ0n) is 17.1. The van der Waals surface area contributed by atoms with E-state index in [0.29, 0.717) is 17.7 Å². The number of hydrogen-bond acceptors (Lipinski definition) is 4. The summed E-state index contributed by atoms with van der Waals surface area (Å²) in [7, 11) is 0.559. The fourth-order valence-electron chi connectivity index (χ4n) is 3.06. The van der Waals surface area contributed by atoms with Crippen molar-refractivity contribution in [2.24, 2.45) is 0 Å². The molecule has 3 rings (SSSR count). The lowest BCUT2D eigenvalue weighted by Gasteiger charge is -2.16. The Kier molecular flexibility index (Phi) is 6.54. The molecule has 0 atom stereocenters. The zero-order valence-corrected chi connectivity index (χ0v) is 17.9. The Labute approximate surface area is 177 Å². The number of nitrogens with one attached hydrogen (secondary N) is 1. The summed E-state index contributed by atoms with van der Waals surface area (Å²) < 4.78 is 31.5. The van der Waals surface area contributed by atoms with Gasteiger partial charge < -0.3 is 10.1 Å². The maximum absolute atomic E-state index is 13.0. The number of carbonyl (C=O) groups excluding carboxylic acids is 1. The molecule has 30 heavy (non-hydrogen) atoms. The van der Waals surface area contributed by atoms with Gasteiger partial charge in [-0.25, -0.2) is 12.7 Å². The van der Waals surface area contributed by atoms with Crippen molar-refractivity contribution >= 4 is 21.6 Å². The minimum absolute atomic E-state index is 0.00892. The van der Waals surface area contributed by atoms with Gasteiger partial charge in [0.1, 0.15) is 10.6 Å². The minimum atomic E-state index is -3.73. The maximum Gasteiger partial charge on any atom is 0.255 e. The molecule has 1 N–H and O–H groups in total. The number of benzene rings is 3. The van der Waals surface area contributed by atoms with E-state index in [0.717, 1.165) is 15.4 Å². The zero-order chi connectivity index (χ0) is 21.7. The Bertz CT molecular complexity index is 1140. The molecule has 0 bridgehead atoms. The van der Waals surface area contributed by atoms with Crippen LogP contribution in [0.15, 0.2) is 77.7 Å². The lowest BCUT2D eigenvalue weighted by Crippen LogP contribution is -2.23. The summed E-state index contributed by atoms with van der Waals surface area (Å²) in [6.45, 7) is 0. The Balaban J connectivity index is 1.90. The fourth-order valence-corrected chi connectivity index (χ4v) is 4.14. The highest BCUT2D eigenvalue weighted by Crippen LogP contribution is 2.29. The quantitative estimate of drug-likeness (QED) is 0.626. The largest absolute Gasteiger partial charge is 0.495 e. The molecule has 3 aromatic rings. The molecule has 0 aliphatic rings. The highest BCUT2D eigenvalue weighted by Gasteiger charge is 2.23. The van der Waals surface area contributed by atoms with E-state index in [4.69, 9.17) is 4.74 Å². The van der Waals surface area contributed by atoms with E-state index >= 15 is 0 Å². The van der Waals surface area contributed by atoms with E-state index in [2.05, 4.69) is 5.32 Å². The molecule has 0 spiro atoms. The fraction of sp³-hybridized carbons (Fsp3) is 0.174. The van der Waals surface area contributed by atoms with Crippen LogP contribution in [0.1, 0.15) is 21.5 Å². The van der Waals surface area contributed by atoms with Crippen molar-refractivity contribution in [2.75, 3.05) is 26.5 Å². The van der Waals surface area contributed by atoms with Crippen LogP contribution < -0.4 is 10.1 Å². The monoisotopic (exact) mass is 424 g/mol. The van der Waals surface area contributed by atoms with E-state index in [1.54, 1.807) is 18.2 Å². The molecule has 0 saturated carbocycles. The summed E-state index contributed by atoms with van der Waals surface area (Å²) in [4.78, 5) is 13.0. The van der Waals surface area contributed by atoms with Crippen molar-refractivity contribution in [3.8, 4) is 5.75 Å². The van der Waals surface area contributed by atoms with Crippen molar-refractivity contribution in [3.05, 3.63) is 89.5 Å². The average molecular weight is 425 g/mol. The van der Waals surface area contributed by atoms with Crippen molar-refractivity contribution in [3.63, 3.8) is 0 Å². The number of methoxy groups -OCH3 is 1. The van der Waals surface area contributed by atoms with Crippen LogP contribution in [0, 0.1) is 0 Å². The number of carbonyl (C=O) groups is 1. The summed E-state index contributed by atoms with van der Waals surface area (Å²) in [6.07, 6.45) is 0.618. The molecule has 1 amide bonds. The van der Waals surface area contributed by atoms with Crippen LogP contribution in [0.2, 0.25) is 0 Å². The first-order valence-electron chi connectivity index (χ1n) is 9.36. The molecule has 0 saturated heterocycles. The van der Waals surface area contributed by atoms with E-state index in [1.165, 1.54) is 33.3 Å². The van der Waals surface area contributed by atoms with Gasteiger partial charge in [-0.2, -0.15) is 0 Å². The molecule has 6 nitrogen and oxygen atoms in total. The Morgan fingerprint density at radius 2 is 1.63 bits per heavy atom. The number of ether oxygens (including phenoxy) is 1. The summed E-state index contributed by atoms with van der Waals surface area (Å²) in [5, 5.41) is 2.81. The number of hydrogen-bond donors (Lipinski definition) is 1. The van der Waals surface area contributed by atoms with Gasteiger partial charge in [-0.05, 0) is 41.8 Å². The third-order valence-corrected chi connectivity index (χ3v) is 6.52. The third-order valence-electron chi connectivity index (χ3n) is 4.68. The first kappa shape index (κ1) is 21.5. The molecular weight excluding hydrogens is 400 g/mol. The molecule has 0 aliphatic carbocycles. The van der Waals surface area contributed by atoms with Crippen LogP contribution >= 0.6 is 0 Å². The summed E-state index contributed by atoms with van der Waals surface area (Å²) in [5.74, 6) is -0.0916. The second-order valence-corrected chi connectivity index (χ2v) is 9.05. The Hall–Kier alpha value is -3.16. The van der Waals surface area contributed by atoms with E-state index in [1.807, 2.05) is 42.5 Å². The first-order valence-corrected chi connectivity index (χ1v) is 10.8. The number of rotatable bonds is 7. The second kappa shape index (κ2) is 9.11. The smallest absolute Gasteiger partial charge is 0.255 e. The van der Waals surface area contributed by atoms with E-state index in [-0.39, 0.29) is 16.6 Å². The molecule has 0 heterocycles.